The maximum Gasteiger partial charge on any atom is 0.164 e. The van der Waals surface area contributed by atoms with Crippen molar-refractivity contribution in [1.29, 1.82) is 0 Å². The average molecular weight is 601 g/mol. The Morgan fingerprint density at radius 2 is 0.787 bits per heavy atom. The normalized spacial score (nSPS) is 11.4. The van der Waals surface area contributed by atoms with E-state index in [-0.39, 0.29) is 0 Å². The predicted octanol–water partition coefficient (Wildman–Crippen LogP) is 10.8. The lowest BCUT2D eigenvalue weighted by atomic mass is 9.94. The molecule has 4 heteroatoms. The van der Waals surface area contributed by atoms with E-state index in [1.165, 1.54) is 38.1 Å². The molecule has 0 unspecified atom stereocenters. The zero-order chi connectivity index (χ0) is 31.2. The van der Waals surface area contributed by atoms with E-state index >= 15 is 0 Å². The lowest BCUT2D eigenvalue weighted by molar-refractivity contribution is 1.07. The molecule has 0 aliphatic heterocycles. The molecule has 0 fully saturated rings. The van der Waals surface area contributed by atoms with Crippen molar-refractivity contribution in [3.8, 4) is 51.0 Å². The molecule has 0 amide bonds. The molecule has 7 aromatic carbocycles. The molecule has 0 N–H and O–H groups in total. The van der Waals surface area contributed by atoms with Crippen LogP contribution in [0.15, 0.2) is 170 Å². The molecular formula is C43H28N4. The summed E-state index contributed by atoms with van der Waals surface area (Å²) in [5, 5.41) is 4.99. The van der Waals surface area contributed by atoms with Crippen LogP contribution in [0, 0.1) is 0 Å². The highest BCUT2D eigenvalue weighted by molar-refractivity contribution is 6.24. The van der Waals surface area contributed by atoms with Gasteiger partial charge in [0.05, 0.1) is 11.0 Å². The van der Waals surface area contributed by atoms with Crippen molar-refractivity contribution >= 4 is 32.6 Å². The smallest absolute Gasteiger partial charge is 0.164 e. The third kappa shape index (κ3) is 4.66. The first-order chi connectivity index (χ1) is 23.3. The number of hydrogen-bond acceptors (Lipinski definition) is 3. The van der Waals surface area contributed by atoms with Crippen LogP contribution in [0.4, 0.5) is 0 Å². The van der Waals surface area contributed by atoms with Gasteiger partial charge in [-0.3, -0.25) is 0 Å². The first-order valence-electron chi connectivity index (χ1n) is 15.8. The number of rotatable bonds is 5. The van der Waals surface area contributed by atoms with Gasteiger partial charge < -0.3 is 4.57 Å². The molecule has 2 heterocycles. The van der Waals surface area contributed by atoms with Gasteiger partial charge in [0.25, 0.3) is 0 Å². The van der Waals surface area contributed by atoms with Crippen LogP contribution in [0.25, 0.3) is 83.6 Å². The van der Waals surface area contributed by atoms with Crippen molar-refractivity contribution in [2.75, 3.05) is 0 Å². The minimum atomic E-state index is 0.647. The average Bonchev–Trinajstić information content (AvgIpc) is 3.50. The zero-order valence-corrected chi connectivity index (χ0v) is 25.5. The molecule has 0 radical (unpaired) electrons. The van der Waals surface area contributed by atoms with Gasteiger partial charge in [-0.2, -0.15) is 0 Å². The van der Waals surface area contributed by atoms with Gasteiger partial charge in [-0.25, -0.2) is 15.0 Å². The summed E-state index contributed by atoms with van der Waals surface area (Å²) in [4.78, 5) is 14.7. The molecule has 4 nitrogen and oxygen atoms in total. The molecular weight excluding hydrogens is 573 g/mol. The maximum absolute atomic E-state index is 4.94. The third-order valence-corrected chi connectivity index (χ3v) is 8.85. The molecule has 0 aliphatic carbocycles. The summed E-state index contributed by atoms with van der Waals surface area (Å²) in [7, 11) is 0. The lowest BCUT2D eigenvalue weighted by Crippen LogP contribution is -2.00. The zero-order valence-electron chi connectivity index (χ0n) is 25.5. The van der Waals surface area contributed by atoms with Gasteiger partial charge in [0.15, 0.2) is 17.5 Å². The molecule has 220 valence electrons. The molecule has 0 spiro atoms. The van der Waals surface area contributed by atoms with Crippen LogP contribution in [0.1, 0.15) is 0 Å². The standard InChI is InChI=1S/C43H28N4/c1-4-14-30(15-5-1)41-44-42(31-16-6-2-7-17-31)46-43(45-41)32-26-24-29(25-27-32)37-28-39-40(35-21-11-10-20-34(35)37)36-22-12-13-23-38(36)47(39)33-18-8-3-9-19-33/h1-28H. The number of fused-ring (bicyclic) bond motifs is 5. The van der Waals surface area contributed by atoms with Crippen molar-refractivity contribution < 1.29 is 0 Å². The van der Waals surface area contributed by atoms with Crippen LogP contribution in [0.2, 0.25) is 0 Å². The monoisotopic (exact) mass is 600 g/mol. The van der Waals surface area contributed by atoms with Crippen molar-refractivity contribution in [3.05, 3.63) is 170 Å². The fourth-order valence-electron chi connectivity index (χ4n) is 6.66. The molecule has 9 rings (SSSR count). The highest BCUT2D eigenvalue weighted by Gasteiger charge is 2.18. The number of para-hydroxylation sites is 2. The van der Waals surface area contributed by atoms with Gasteiger partial charge in [-0.1, -0.05) is 146 Å². The Kier molecular flexibility index (Phi) is 6.43. The molecule has 0 aliphatic rings. The summed E-state index contributed by atoms with van der Waals surface area (Å²) in [6.45, 7) is 0. The Hall–Kier alpha value is -6.39. The largest absolute Gasteiger partial charge is 0.309 e. The van der Waals surface area contributed by atoms with Gasteiger partial charge >= 0.3 is 0 Å². The summed E-state index contributed by atoms with van der Waals surface area (Å²) < 4.78 is 2.38. The van der Waals surface area contributed by atoms with Crippen molar-refractivity contribution in [1.82, 2.24) is 19.5 Å². The highest BCUT2D eigenvalue weighted by atomic mass is 15.0. The number of benzene rings is 7. The summed E-state index contributed by atoms with van der Waals surface area (Å²) >= 11 is 0. The molecule has 0 saturated heterocycles. The Bertz CT molecular complexity index is 2480. The van der Waals surface area contributed by atoms with E-state index in [9.17, 15) is 0 Å². The van der Waals surface area contributed by atoms with Gasteiger partial charge in [-0.05, 0) is 46.2 Å². The first-order valence-corrected chi connectivity index (χ1v) is 15.8. The van der Waals surface area contributed by atoms with Crippen LogP contribution in [0.3, 0.4) is 0 Å². The number of nitrogens with zero attached hydrogens (tertiary/aromatic N) is 4. The minimum Gasteiger partial charge on any atom is -0.309 e. The molecule has 9 aromatic rings. The highest BCUT2D eigenvalue weighted by Crippen LogP contribution is 2.41. The predicted molar refractivity (Wildman–Crippen MR) is 193 cm³/mol. The number of hydrogen-bond donors (Lipinski definition) is 0. The topological polar surface area (TPSA) is 43.6 Å². The molecule has 47 heavy (non-hydrogen) atoms. The van der Waals surface area contributed by atoms with Crippen LogP contribution >= 0.6 is 0 Å². The van der Waals surface area contributed by atoms with Gasteiger partial charge in [0, 0.05) is 33.2 Å². The second-order valence-electron chi connectivity index (χ2n) is 11.7. The molecule has 2 aromatic heterocycles. The van der Waals surface area contributed by atoms with Crippen molar-refractivity contribution in [2.24, 2.45) is 0 Å². The third-order valence-electron chi connectivity index (χ3n) is 8.85. The first kappa shape index (κ1) is 27.0. The van der Waals surface area contributed by atoms with Crippen LogP contribution < -0.4 is 0 Å². The van der Waals surface area contributed by atoms with Crippen molar-refractivity contribution in [2.45, 2.75) is 0 Å². The number of aromatic nitrogens is 4. The molecule has 0 bridgehead atoms. The maximum atomic E-state index is 4.94. The Morgan fingerprint density at radius 1 is 0.340 bits per heavy atom. The van der Waals surface area contributed by atoms with Gasteiger partial charge in [-0.15, -0.1) is 0 Å². The summed E-state index contributed by atoms with van der Waals surface area (Å²) in [5.74, 6) is 1.96. The van der Waals surface area contributed by atoms with E-state index in [0.29, 0.717) is 17.5 Å². The quantitative estimate of drug-likeness (QED) is 0.197. The van der Waals surface area contributed by atoms with E-state index in [2.05, 4.69) is 114 Å². The summed E-state index contributed by atoms with van der Waals surface area (Å²) in [6, 6.07) is 59.2. The second-order valence-corrected chi connectivity index (χ2v) is 11.7. The minimum absolute atomic E-state index is 0.647. The van der Waals surface area contributed by atoms with E-state index in [4.69, 9.17) is 15.0 Å². The van der Waals surface area contributed by atoms with E-state index in [1.54, 1.807) is 0 Å². The fourth-order valence-corrected chi connectivity index (χ4v) is 6.66. The van der Waals surface area contributed by atoms with E-state index < -0.39 is 0 Å². The van der Waals surface area contributed by atoms with Crippen LogP contribution in [0.5, 0.6) is 0 Å². The SMILES string of the molecule is c1ccc(-c2nc(-c3ccccc3)nc(-c3ccc(-c4cc5c(c6ccccc46)c4ccccc4n5-c4ccccc4)cc3)n2)cc1. The molecule has 0 saturated carbocycles. The van der Waals surface area contributed by atoms with E-state index in [0.717, 1.165) is 27.9 Å². The van der Waals surface area contributed by atoms with Crippen LogP contribution in [-0.4, -0.2) is 19.5 Å². The second kappa shape index (κ2) is 11.2. The lowest BCUT2D eigenvalue weighted by Gasteiger charge is -2.13. The molecule has 0 atom stereocenters. The Morgan fingerprint density at radius 3 is 1.38 bits per heavy atom. The Labute approximate surface area is 272 Å². The van der Waals surface area contributed by atoms with Crippen LogP contribution in [-0.2, 0) is 0 Å². The van der Waals surface area contributed by atoms with Gasteiger partial charge in [0.2, 0.25) is 0 Å². The van der Waals surface area contributed by atoms with E-state index in [1.807, 2.05) is 60.7 Å². The van der Waals surface area contributed by atoms with Crippen molar-refractivity contribution in [3.63, 3.8) is 0 Å². The fraction of sp³-hybridized carbons (Fsp3) is 0. The Balaban J connectivity index is 1.22. The van der Waals surface area contributed by atoms with Gasteiger partial charge in [0.1, 0.15) is 0 Å². The summed E-state index contributed by atoms with van der Waals surface area (Å²) in [6.07, 6.45) is 0. The summed E-state index contributed by atoms with van der Waals surface area (Å²) in [5.41, 5.74) is 8.71.